The molecule has 0 bridgehead atoms. The van der Waals surface area contributed by atoms with Gasteiger partial charge in [-0.3, -0.25) is 4.79 Å². The van der Waals surface area contributed by atoms with Crippen LogP contribution in [0.1, 0.15) is 16.7 Å². The van der Waals surface area contributed by atoms with Gasteiger partial charge in [-0.25, -0.2) is 4.98 Å². The Morgan fingerprint density at radius 3 is 1.89 bits per heavy atom. The molecule has 7 heteroatoms. The molecule has 180 valence electrons. The predicted molar refractivity (Wildman–Crippen MR) is 132 cm³/mol. The van der Waals surface area contributed by atoms with E-state index in [9.17, 15) is 4.79 Å². The van der Waals surface area contributed by atoms with Crippen LogP contribution in [0.4, 0.5) is 0 Å². The zero-order valence-electron chi connectivity index (χ0n) is 19.8. The fraction of sp³-hybridized carbons (Fsp3) is 0.214. The van der Waals surface area contributed by atoms with Gasteiger partial charge in [-0.1, -0.05) is 30.3 Å². The number of carbonyl (C=O) groups excluding carboxylic acids is 1. The van der Waals surface area contributed by atoms with Gasteiger partial charge in [0.25, 0.3) is 0 Å². The van der Waals surface area contributed by atoms with Gasteiger partial charge in [-0.2, -0.15) is 0 Å². The number of ether oxygens (including phenoxy) is 4. The Morgan fingerprint density at radius 1 is 0.771 bits per heavy atom. The normalized spacial score (nSPS) is 10.6. The molecule has 0 aliphatic carbocycles. The van der Waals surface area contributed by atoms with Gasteiger partial charge in [-0.05, 0) is 53.1 Å². The summed E-state index contributed by atoms with van der Waals surface area (Å²) in [6, 6.07) is 21.0. The Morgan fingerprint density at radius 2 is 1.34 bits per heavy atom. The topological polar surface area (TPSA) is 71.8 Å². The number of ketones is 1. The summed E-state index contributed by atoms with van der Waals surface area (Å²) in [6.45, 7) is 1.01. The molecule has 4 rings (SSSR count). The molecule has 0 saturated heterocycles. The third-order valence-corrected chi connectivity index (χ3v) is 5.43. The number of benzene rings is 3. The number of carbonyl (C=O) groups is 1. The number of hydrogen-bond acceptors (Lipinski definition) is 6. The first-order valence-corrected chi connectivity index (χ1v) is 11.2. The van der Waals surface area contributed by atoms with Gasteiger partial charge in [0, 0.05) is 18.8 Å². The maximum Gasteiger partial charge on any atom is 0.161 e. The molecule has 0 unspecified atom stereocenters. The lowest BCUT2D eigenvalue weighted by atomic mass is 10.1. The number of nitrogens with zero attached hydrogens (tertiary/aromatic N) is 2. The van der Waals surface area contributed by atoms with Crippen LogP contribution in [-0.2, 0) is 31.0 Å². The quantitative estimate of drug-likeness (QED) is 0.293. The van der Waals surface area contributed by atoms with Gasteiger partial charge in [0.05, 0.1) is 27.1 Å². The molecule has 0 radical (unpaired) electrons. The molecule has 0 aliphatic rings. The third-order valence-electron chi connectivity index (χ3n) is 5.43. The summed E-state index contributed by atoms with van der Waals surface area (Å²) in [7, 11) is 3.28. The Bertz CT molecular complexity index is 1220. The molecule has 4 aromatic rings. The highest BCUT2D eigenvalue weighted by atomic mass is 16.5. The van der Waals surface area contributed by atoms with Crippen LogP contribution in [0.5, 0.6) is 23.0 Å². The summed E-state index contributed by atoms with van der Waals surface area (Å²) in [5.41, 5.74) is 2.86. The Labute approximate surface area is 204 Å². The van der Waals surface area contributed by atoms with Gasteiger partial charge >= 0.3 is 0 Å². The summed E-state index contributed by atoms with van der Waals surface area (Å²) < 4.78 is 24.4. The van der Waals surface area contributed by atoms with Crippen LogP contribution in [0.2, 0.25) is 0 Å². The Balaban J connectivity index is 1.47. The van der Waals surface area contributed by atoms with Crippen molar-refractivity contribution < 1.29 is 23.7 Å². The van der Waals surface area contributed by atoms with E-state index in [1.165, 1.54) is 0 Å². The highest BCUT2D eigenvalue weighted by Crippen LogP contribution is 2.31. The molecule has 0 atom stereocenters. The zero-order valence-corrected chi connectivity index (χ0v) is 19.8. The number of aromatic nitrogens is 2. The molecular formula is C28H28N2O5. The Hall–Kier alpha value is -4.26. The van der Waals surface area contributed by atoms with Crippen molar-refractivity contribution >= 4 is 5.78 Å². The summed E-state index contributed by atoms with van der Waals surface area (Å²) in [6.07, 6.45) is 5.36. The van der Waals surface area contributed by atoms with E-state index in [1.54, 1.807) is 37.5 Å². The fourth-order valence-corrected chi connectivity index (χ4v) is 3.53. The first-order chi connectivity index (χ1) is 17.1. The van der Waals surface area contributed by atoms with Crippen LogP contribution in [0.15, 0.2) is 85.5 Å². The van der Waals surface area contributed by atoms with Gasteiger partial charge in [0.1, 0.15) is 24.7 Å². The first kappa shape index (κ1) is 23.9. The van der Waals surface area contributed by atoms with E-state index < -0.39 is 0 Å². The molecular weight excluding hydrogens is 444 g/mol. The minimum atomic E-state index is 0.0796. The second-order valence-corrected chi connectivity index (χ2v) is 8.01. The number of imidazole rings is 1. The largest absolute Gasteiger partial charge is 0.497 e. The minimum absolute atomic E-state index is 0.0796. The van der Waals surface area contributed by atoms with Crippen LogP contribution in [0.25, 0.3) is 0 Å². The molecule has 1 aromatic heterocycles. The molecule has 7 nitrogen and oxygen atoms in total. The summed E-state index contributed by atoms with van der Waals surface area (Å²) >= 11 is 0. The van der Waals surface area contributed by atoms with Crippen molar-refractivity contribution in [3.8, 4) is 23.0 Å². The predicted octanol–water partition coefficient (Wildman–Crippen LogP) is 4.87. The van der Waals surface area contributed by atoms with Gasteiger partial charge < -0.3 is 23.5 Å². The molecule has 1 heterocycles. The van der Waals surface area contributed by atoms with Crippen LogP contribution in [0.3, 0.4) is 0 Å². The standard InChI is InChI=1S/C28H28N2O5/c1-32-25-8-3-21(4-9-25)18-34-27-12-7-23(15-24(31)17-30-14-13-29-20-30)16-28(27)35-19-22-5-10-26(33-2)11-6-22/h3-14,16,20H,15,17-19H2,1-2H3. The fourth-order valence-electron chi connectivity index (χ4n) is 3.53. The summed E-state index contributed by atoms with van der Waals surface area (Å²) in [4.78, 5) is 16.5. The molecule has 0 aliphatic heterocycles. The Kier molecular flexibility index (Phi) is 8.01. The van der Waals surface area contributed by atoms with E-state index >= 15 is 0 Å². The average molecular weight is 473 g/mol. The molecule has 0 amide bonds. The second-order valence-electron chi connectivity index (χ2n) is 8.01. The van der Waals surface area contributed by atoms with E-state index in [-0.39, 0.29) is 18.7 Å². The number of hydrogen-bond donors (Lipinski definition) is 0. The van der Waals surface area contributed by atoms with Crippen molar-refractivity contribution in [2.75, 3.05) is 14.2 Å². The second kappa shape index (κ2) is 11.7. The van der Waals surface area contributed by atoms with Crippen molar-refractivity contribution in [1.82, 2.24) is 9.55 Å². The van der Waals surface area contributed by atoms with Gasteiger partial charge in [0.15, 0.2) is 17.3 Å². The number of Topliss-reactive ketones (excluding diaryl/α,β-unsaturated/α-hetero) is 1. The highest BCUT2D eigenvalue weighted by Gasteiger charge is 2.12. The van der Waals surface area contributed by atoms with Gasteiger partial charge in [-0.15, -0.1) is 0 Å². The smallest absolute Gasteiger partial charge is 0.161 e. The maximum atomic E-state index is 12.5. The summed E-state index contributed by atoms with van der Waals surface area (Å²) in [5, 5.41) is 0. The van der Waals surface area contributed by atoms with E-state index in [4.69, 9.17) is 18.9 Å². The van der Waals surface area contributed by atoms with Crippen molar-refractivity contribution in [3.63, 3.8) is 0 Å². The van der Waals surface area contributed by atoms with E-state index in [1.807, 2.05) is 66.7 Å². The molecule has 0 fully saturated rings. The van der Waals surface area contributed by atoms with E-state index in [2.05, 4.69) is 4.98 Å². The SMILES string of the molecule is COc1ccc(COc2ccc(CC(=O)Cn3ccnc3)cc2OCc2ccc(OC)cc2)cc1. The molecule has 0 spiro atoms. The van der Waals surface area contributed by atoms with E-state index in [0.29, 0.717) is 24.7 Å². The third kappa shape index (κ3) is 6.86. The molecule has 3 aromatic carbocycles. The maximum absolute atomic E-state index is 12.5. The zero-order chi connectivity index (χ0) is 24.5. The van der Waals surface area contributed by atoms with Crippen LogP contribution in [-0.4, -0.2) is 29.6 Å². The van der Waals surface area contributed by atoms with Gasteiger partial charge in [0.2, 0.25) is 0 Å². The molecule has 0 N–H and O–H groups in total. The van der Waals surface area contributed by atoms with Crippen molar-refractivity contribution in [3.05, 3.63) is 102 Å². The van der Waals surface area contributed by atoms with Crippen LogP contribution < -0.4 is 18.9 Å². The van der Waals surface area contributed by atoms with E-state index in [0.717, 1.165) is 28.2 Å². The lowest BCUT2D eigenvalue weighted by molar-refractivity contribution is -0.119. The minimum Gasteiger partial charge on any atom is -0.497 e. The van der Waals surface area contributed by atoms with Crippen molar-refractivity contribution in [1.29, 1.82) is 0 Å². The average Bonchev–Trinajstić information content (AvgIpc) is 3.40. The summed E-state index contributed by atoms with van der Waals surface area (Å²) in [5.74, 6) is 2.86. The van der Waals surface area contributed by atoms with Crippen LogP contribution >= 0.6 is 0 Å². The molecule has 35 heavy (non-hydrogen) atoms. The monoisotopic (exact) mass is 472 g/mol. The van der Waals surface area contributed by atoms with Crippen molar-refractivity contribution in [2.24, 2.45) is 0 Å². The lowest BCUT2D eigenvalue weighted by Gasteiger charge is -2.15. The number of methoxy groups -OCH3 is 2. The van der Waals surface area contributed by atoms with Crippen molar-refractivity contribution in [2.45, 2.75) is 26.2 Å². The first-order valence-electron chi connectivity index (χ1n) is 11.2. The number of rotatable bonds is 12. The lowest BCUT2D eigenvalue weighted by Crippen LogP contribution is -2.11. The van der Waals surface area contributed by atoms with Crippen LogP contribution in [0, 0.1) is 0 Å². The highest BCUT2D eigenvalue weighted by molar-refractivity contribution is 5.80. The molecule has 0 saturated carbocycles.